The van der Waals surface area contributed by atoms with Gasteiger partial charge in [-0.25, -0.2) is 13.2 Å². The number of hydrogen-bond donors (Lipinski definition) is 2. The fourth-order valence-electron chi connectivity index (χ4n) is 4.88. The minimum Gasteiger partial charge on any atom is -0.366 e. The van der Waals surface area contributed by atoms with Crippen LogP contribution in [0.2, 0.25) is 0 Å². The lowest BCUT2D eigenvalue weighted by Crippen LogP contribution is -2.35. The molecule has 0 fully saturated rings. The Morgan fingerprint density at radius 2 is 1.79 bits per heavy atom. The van der Waals surface area contributed by atoms with Crippen LogP contribution in [-0.4, -0.2) is 26.6 Å². The smallest absolute Gasteiger partial charge is 0.366 e. The zero-order chi connectivity index (χ0) is 30.2. The molecule has 2 aromatic heterocycles. The van der Waals surface area contributed by atoms with E-state index in [4.69, 9.17) is 5.73 Å². The number of carbonyl (C=O) groups excluding carboxylic acids is 2. The Labute approximate surface area is 239 Å². The van der Waals surface area contributed by atoms with Gasteiger partial charge < -0.3 is 11.1 Å². The van der Waals surface area contributed by atoms with Crippen LogP contribution in [0.25, 0.3) is 11.1 Å². The Bertz CT molecular complexity index is 1670. The standard InChI is InChI=1S/C28H21F6N5O2S/c29-16-6-14(7-17(30)10-16)8-22(25-18(2-1-5-36-25)15-3-4-21(31)19(9-15)27(35)41)37-24(40)11-39-26(28(32,33)34)20-12-42-13-23(20)38-39/h1-7,9-10,22H,8,11-13H2,(H2,35,41)(H,37,40)/t22-/m0/s1. The van der Waals surface area contributed by atoms with Crippen LogP contribution in [0.4, 0.5) is 26.3 Å². The van der Waals surface area contributed by atoms with E-state index in [0.29, 0.717) is 21.9 Å². The molecule has 3 N–H and O–H groups in total. The van der Waals surface area contributed by atoms with E-state index >= 15 is 0 Å². The summed E-state index contributed by atoms with van der Waals surface area (Å²) in [6.07, 6.45) is -3.59. The molecule has 0 unspecified atom stereocenters. The summed E-state index contributed by atoms with van der Waals surface area (Å²) in [5.41, 5.74) is 5.03. The van der Waals surface area contributed by atoms with Crippen LogP contribution in [-0.2, 0) is 35.4 Å². The molecule has 42 heavy (non-hydrogen) atoms. The van der Waals surface area contributed by atoms with Crippen LogP contribution in [0.3, 0.4) is 0 Å². The van der Waals surface area contributed by atoms with Crippen LogP contribution in [0, 0.1) is 17.5 Å². The molecule has 0 saturated heterocycles. The average molecular weight is 606 g/mol. The lowest BCUT2D eigenvalue weighted by atomic mass is 9.94. The summed E-state index contributed by atoms with van der Waals surface area (Å²) in [7, 11) is 0. The maximum atomic E-state index is 14.2. The fourth-order valence-corrected chi connectivity index (χ4v) is 5.91. The first kappa shape index (κ1) is 29.2. The van der Waals surface area contributed by atoms with Gasteiger partial charge >= 0.3 is 6.18 Å². The number of thioether (sulfide) groups is 1. The van der Waals surface area contributed by atoms with Crippen molar-refractivity contribution in [2.75, 3.05) is 0 Å². The predicted octanol–water partition coefficient (Wildman–Crippen LogP) is 5.33. The maximum absolute atomic E-state index is 14.2. The predicted molar refractivity (Wildman–Crippen MR) is 141 cm³/mol. The van der Waals surface area contributed by atoms with Crippen LogP contribution < -0.4 is 11.1 Å². The molecule has 2 amide bonds. The number of pyridine rings is 1. The van der Waals surface area contributed by atoms with Crippen molar-refractivity contribution in [2.24, 2.45) is 5.73 Å². The SMILES string of the molecule is NC(=O)c1cc(-c2cccnc2[C@H](Cc2cc(F)cc(F)c2)NC(=O)Cn2nc3c(c2C(F)(F)F)CSC3)ccc1F. The third kappa shape index (κ3) is 6.12. The maximum Gasteiger partial charge on any atom is 0.433 e. The quantitative estimate of drug-likeness (QED) is 0.265. The van der Waals surface area contributed by atoms with Crippen molar-refractivity contribution < 1.29 is 35.9 Å². The van der Waals surface area contributed by atoms with E-state index in [9.17, 15) is 35.9 Å². The van der Waals surface area contributed by atoms with E-state index < -0.39 is 59.3 Å². The number of amides is 2. The Morgan fingerprint density at radius 3 is 2.48 bits per heavy atom. The molecular weight excluding hydrogens is 584 g/mol. The van der Waals surface area contributed by atoms with E-state index in [1.54, 1.807) is 6.07 Å². The lowest BCUT2D eigenvalue weighted by Gasteiger charge is -2.22. The van der Waals surface area contributed by atoms with E-state index in [-0.39, 0.29) is 40.4 Å². The number of halogens is 6. The van der Waals surface area contributed by atoms with E-state index in [2.05, 4.69) is 15.4 Å². The molecule has 218 valence electrons. The highest BCUT2D eigenvalue weighted by Crippen LogP contribution is 2.40. The molecule has 4 aromatic rings. The number of alkyl halides is 3. The second-order valence-corrected chi connectivity index (χ2v) is 10.5. The number of aromatic nitrogens is 3. The largest absolute Gasteiger partial charge is 0.433 e. The number of nitrogens with one attached hydrogen (secondary N) is 1. The molecule has 2 aromatic carbocycles. The van der Waals surface area contributed by atoms with Gasteiger partial charge in [-0.15, -0.1) is 0 Å². The summed E-state index contributed by atoms with van der Waals surface area (Å²) in [6.45, 7) is -0.787. The van der Waals surface area contributed by atoms with E-state index in [1.165, 1.54) is 36.2 Å². The fraction of sp³-hybridized carbons (Fsp3) is 0.214. The molecule has 1 atom stereocenters. The van der Waals surface area contributed by atoms with Crippen molar-refractivity contribution in [3.8, 4) is 11.1 Å². The number of rotatable bonds is 8. The van der Waals surface area contributed by atoms with Gasteiger partial charge in [0.15, 0.2) is 0 Å². The lowest BCUT2D eigenvalue weighted by molar-refractivity contribution is -0.145. The van der Waals surface area contributed by atoms with Crippen molar-refractivity contribution in [1.82, 2.24) is 20.1 Å². The van der Waals surface area contributed by atoms with Crippen LogP contribution in [0.5, 0.6) is 0 Å². The van der Waals surface area contributed by atoms with Gasteiger partial charge in [0.05, 0.1) is 23.0 Å². The topological polar surface area (TPSA) is 103 Å². The van der Waals surface area contributed by atoms with Gasteiger partial charge in [0.25, 0.3) is 5.91 Å². The van der Waals surface area contributed by atoms with E-state index in [0.717, 1.165) is 18.2 Å². The molecule has 0 spiro atoms. The van der Waals surface area contributed by atoms with Gasteiger partial charge in [-0.3, -0.25) is 19.3 Å². The summed E-state index contributed by atoms with van der Waals surface area (Å²) >= 11 is 1.28. The molecule has 5 rings (SSSR count). The minimum absolute atomic E-state index is 0.0284. The summed E-state index contributed by atoms with van der Waals surface area (Å²) in [4.78, 5) is 29.3. The van der Waals surface area contributed by atoms with Crippen LogP contribution >= 0.6 is 11.8 Å². The van der Waals surface area contributed by atoms with Crippen molar-refractivity contribution >= 4 is 23.6 Å². The average Bonchev–Trinajstić information content (AvgIpc) is 3.48. The van der Waals surface area contributed by atoms with Crippen molar-refractivity contribution in [1.29, 1.82) is 0 Å². The first-order chi connectivity index (χ1) is 19.9. The number of fused-ring (bicyclic) bond motifs is 1. The summed E-state index contributed by atoms with van der Waals surface area (Å²) < 4.78 is 84.5. The number of carbonyl (C=O) groups is 2. The summed E-state index contributed by atoms with van der Waals surface area (Å²) in [6, 6.07) is 8.30. The second-order valence-electron chi connectivity index (χ2n) is 9.52. The van der Waals surface area contributed by atoms with Gasteiger partial charge in [0.1, 0.15) is 29.7 Å². The third-order valence-electron chi connectivity index (χ3n) is 6.59. The molecule has 1 aliphatic rings. The molecule has 0 aliphatic carbocycles. The molecule has 0 radical (unpaired) electrons. The van der Waals surface area contributed by atoms with Crippen molar-refractivity contribution in [3.63, 3.8) is 0 Å². The molecule has 0 saturated carbocycles. The summed E-state index contributed by atoms with van der Waals surface area (Å²) in [5.74, 6) is -4.11. The molecule has 3 heterocycles. The van der Waals surface area contributed by atoms with Gasteiger partial charge in [-0.2, -0.15) is 30.0 Å². The molecule has 1 aliphatic heterocycles. The molecule has 0 bridgehead atoms. The van der Waals surface area contributed by atoms with Crippen molar-refractivity contribution in [3.05, 3.63) is 106 Å². The van der Waals surface area contributed by atoms with Gasteiger partial charge in [-0.1, -0.05) is 12.1 Å². The van der Waals surface area contributed by atoms with Crippen LogP contribution in [0.1, 0.15) is 44.6 Å². The first-order valence-electron chi connectivity index (χ1n) is 12.4. The number of primary amides is 1. The normalized spacial score (nSPS) is 13.6. The molecule has 7 nitrogen and oxygen atoms in total. The minimum atomic E-state index is -4.75. The number of hydrogen-bond acceptors (Lipinski definition) is 5. The highest BCUT2D eigenvalue weighted by atomic mass is 32.2. The van der Waals surface area contributed by atoms with Gasteiger partial charge in [-0.05, 0) is 47.9 Å². The van der Waals surface area contributed by atoms with E-state index in [1.807, 2.05) is 0 Å². The Hall–Kier alpha value is -4.33. The Morgan fingerprint density at radius 1 is 1.05 bits per heavy atom. The highest BCUT2D eigenvalue weighted by molar-refractivity contribution is 7.98. The number of benzene rings is 2. The molecular formula is C28H21F6N5O2S. The van der Waals surface area contributed by atoms with Gasteiger partial charge in [0.2, 0.25) is 5.91 Å². The third-order valence-corrected chi connectivity index (χ3v) is 7.56. The first-order valence-corrected chi connectivity index (χ1v) is 13.6. The van der Waals surface area contributed by atoms with Gasteiger partial charge in [0, 0.05) is 34.9 Å². The highest BCUT2D eigenvalue weighted by Gasteiger charge is 2.41. The Kier molecular flexibility index (Phi) is 7.99. The number of nitrogens with two attached hydrogens (primary N) is 1. The molecule has 14 heteroatoms. The Balaban J connectivity index is 1.53. The second kappa shape index (κ2) is 11.5. The summed E-state index contributed by atoms with van der Waals surface area (Å²) in [5, 5.41) is 6.63. The van der Waals surface area contributed by atoms with Crippen molar-refractivity contribution in [2.45, 2.75) is 36.7 Å². The number of nitrogens with zero attached hydrogens (tertiary/aromatic N) is 3. The zero-order valence-electron chi connectivity index (χ0n) is 21.5. The van der Waals surface area contributed by atoms with Crippen LogP contribution in [0.15, 0.2) is 54.7 Å². The zero-order valence-corrected chi connectivity index (χ0v) is 22.3. The monoisotopic (exact) mass is 605 g/mol.